The molecular weight excluding hydrogens is 262 g/mol. The Morgan fingerprint density at radius 3 is 2.52 bits per heavy atom. The summed E-state index contributed by atoms with van der Waals surface area (Å²) in [5.74, 6) is 1.79. The van der Waals surface area contributed by atoms with Crippen LogP contribution < -0.4 is 10.1 Å². The predicted octanol–water partition coefficient (Wildman–Crippen LogP) is 4.24. The fraction of sp³-hybridized carbons (Fsp3) is 0.667. The molecule has 2 fully saturated rings. The summed E-state index contributed by atoms with van der Waals surface area (Å²) in [6, 6.07) is 8.34. The third kappa shape index (κ3) is 4.63. The molecule has 0 aromatic heterocycles. The second kappa shape index (κ2) is 7.69. The van der Waals surface area contributed by atoms with Crippen molar-refractivity contribution in [3.8, 4) is 5.75 Å². The molecule has 0 spiro atoms. The van der Waals surface area contributed by atoms with Gasteiger partial charge in [0.1, 0.15) is 12.4 Å². The fourth-order valence-electron chi connectivity index (χ4n) is 3.29. The van der Waals surface area contributed by atoms with Crippen LogP contribution in [-0.4, -0.2) is 25.9 Å². The zero-order valence-electron chi connectivity index (χ0n) is 12.9. The van der Waals surface area contributed by atoms with E-state index < -0.39 is 0 Å². The number of hydrogen-bond acceptors (Lipinski definition) is 3. The largest absolute Gasteiger partial charge is 0.491 e. The lowest BCUT2D eigenvalue weighted by atomic mass is 9.89. The van der Waals surface area contributed by atoms with Gasteiger partial charge in [-0.05, 0) is 55.9 Å². The lowest BCUT2D eigenvalue weighted by molar-refractivity contribution is 0.0679. The number of hydrogen-bond donors (Lipinski definition) is 1. The molecule has 1 aliphatic carbocycles. The first-order valence-electron chi connectivity index (χ1n) is 8.48. The van der Waals surface area contributed by atoms with E-state index in [-0.39, 0.29) is 6.10 Å². The molecule has 1 saturated heterocycles. The van der Waals surface area contributed by atoms with Crippen LogP contribution in [0, 0.1) is 5.92 Å². The highest BCUT2D eigenvalue weighted by Crippen LogP contribution is 2.24. The van der Waals surface area contributed by atoms with Crippen molar-refractivity contribution in [2.45, 2.75) is 51.0 Å². The lowest BCUT2D eigenvalue weighted by Gasteiger charge is -2.22. The third-order valence-corrected chi connectivity index (χ3v) is 4.63. The van der Waals surface area contributed by atoms with E-state index in [9.17, 15) is 0 Å². The predicted molar refractivity (Wildman–Crippen MR) is 86.0 cm³/mol. The van der Waals surface area contributed by atoms with Gasteiger partial charge in [0.2, 0.25) is 0 Å². The van der Waals surface area contributed by atoms with Crippen LogP contribution in [0.15, 0.2) is 24.3 Å². The van der Waals surface area contributed by atoms with Crippen molar-refractivity contribution < 1.29 is 9.47 Å². The van der Waals surface area contributed by atoms with Crippen molar-refractivity contribution in [2.75, 3.05) is 25.1 Å². The zero-order chi connectivity index (χ0) is 14.3. The quantitative estimate of drug-likeness (QED) is 0.850. The van der Waals surface area contributed by atoms with Gasteiger partial charge in [0.15, 0.2) is 0 Å². The maximum Gasteiger partial charge on any atom is 0.119 e. The van der Waals surface area contributed by atoms with Crippen molar-refractivity contribution in [3.05, 3.63) is 24.3 Å². The van der Waals surface area contributed by atoms with E-state index in [0.29, 0.717) is 6.61 Å². The second-order valence-electron chi connectivity index (χ2n) is 6.36. The summed E-state index contributed by atoms with van der Waals surface area (Å²) in [5, 5.41) is 3.56. The Bertz CT molecular complexity index is 406. The summed E-state index contributed by atoms with van der Waals surface area (Å²) in [6.45, 7) is 2.67. The van der Waals surface area contributed by atoms with Crippen LogP contribution in [-0.2, 0) is 4.74 Å². The normalized spacial score (nSPS) is 23.1. The summed E-state index contributed by atoms with van der Waals surface area (Å²) in [5.41, 5.74) is 1.20. The fourth-order valence-corrected chi connectivity index (χ4v) is 3.29. The molecule has 1 aromatic carbocycles. The molecule has 3 nitrogen and oxygen atoms in total. The number of benzene rings is 1. The topological polar surface area (TPSA) is 30.5 Å². The van der Waals surface area contributed by atoms with Crippen molar-refractivity contribution >= 4 is 5.69 Å². The zero-order valence-corrected chi connectivity index (χ0v) is 12.9. The van der Waals surface area contributed by atoms with Gasteiger partial charge < -0.3 is 14.8 Å². The van der Waals surface area contributed by atoms with Gasteiger partial charge in [-0.25, -0.2) is 0 Å². The number of nitrogens with one attached hydrogen (secondary N) is 1. The smallest absolute Gasteiger partial charge is 0.119 e. The molecule has 3 rings (SSSR count). The van der Waals surface area contributed by atoms with Crippen LogP contribution in [0.1, 0.15) is 44.9 Å². The Labute approximate surface area is 128 Å². The highest BCUT2D eigenvalue weighted by molar-refractivity contribution is 5.46. The van der Waals surface area contributed by atoms with E-state index in [1.165, 1.54) is 37.8 Å². The summed E-state index contributed by atoms with van der Waals surface area (Å²) >= 11 is 0. The molecule has 1 heterocycles. The second-order valence-corrected chi connectivity index (χ2v) is 6.36. The molecule has 1 N–H and O–H groups in total. The van der Waals surface area contributed by atoms with Gasteiger partial charge in [-0.15, -0.1) is 0 Å². The molecule has 0 amide bonds. The van der Waals surface area contributed by atoms with E-state index in [1.54, 1.807) is 0 Å². The van der Waals surface area contributed by atoms with Crippen molar-refractivity contribution in [2.24, 2.45) is 5.92 Å². The van der Waals surface area contributed by atoms with E-state index in [4.69, 9.17) is 9.47 Å². The summed E-state index contributed by atoms with van der Waals surface area (Å²) in [4.78, 5) is 0. The minimum atomic E-state index is 0.286. The minimum Gasteiger partial charge on any atom is -0.491 e. The molecule has 0 bridgehead atoms. The SMILES string of the molecule is c1cc(OCC2CCCO2)ccc1NCC1CCCCC1. The average molecular weight is 289 g/mol. The van der Waals surface area contributed by atoms with E-state index in [2.05, 4.69) is 29.6 Å². The van der Waals surface area contributed by atoms with Crippen LogP contribution in [0.2, 0.25) is 0 Å². The number of anilines is 1. The Hall–Kier alpha value is -1.22. The lowest BCUT2D eigenvalue weighted by Crippen LogP contribution is -2.17. The Balaban J connectivity index is 1.40. The first kappa shape index (κ1) is 14.7. The molecule has 0 radical (unpaired) electrons. The monoisotopic (exact) mass is 289 g/mol. The van der Waals surface area contributed by atoms with Crippen LogP contribution in [0.5, 0.6) is 5.75 Å². The molecule has 2 aliphatic rings. The number of rotatable bonds is 6. The Morgan fingerprint density at radius 2 is 1.81 bits per heavy atom. The van der Waals surface area contributed by atoms with Gasteiger partial charge in [-0.1, -0.05) is 19.3 Å². The number of ether oxygens (including phenoxy) is 2. The Kier molecular flexibility index (Phi) is 5.39. The van der Waals surface area contributed by atoms with Gasteiger partial charge in [-0.2, -0.15) is 0 Å². The van der Waals surface area contributed by atoms with E-state index >= 15 is 0 Å². The first-order valence-corrected chi connectivity index (χ1v) is 8.48. The van der Waals surface area contributed by atoms with Crippen molar-refractivity contribution in [1.29, 1.82) is 0 Å². The maximum atomic E-state index is 5.79. The van der Waals surface area contributed by atoms with E-state index in [1.807, 2.05) is 0 Å². The molecule has 116 valence electrons. The van der Waals surface area contributed by atoms with Crippen molar-refractivity contribution in [1.82, 2.24) is 0 Å². The average Bonchev–Trinajstić information content (AvgIpc) is 3.06. The molecule has 1 aromatic rings. The first-order chi connectivity index (χ1) is 10.4. The van der Waals surface area contributed by atoms with Crippen molar-refractivity contribution in [3.63, 3.8) is 0 Å². The van der Waals surface area contributed by atoms with Gasteiger partial charge in [0.25, 0.3) is 0 Å². The molecule has 3 heteroatoms. The van der Waals surface area contributed by atoms with Gasteiger partial charge in [-0.3, -0.25) is 0 Å². The van der Waals surface area contributed by atoms with Gasteiger partial charge >= 0.3 is 0 Å². The Morgan fingerprint density at radius 1 is 1.00 bits per heavy atom. The summed E-state index contributed by atoms with van der Waals surface area (Å²) in [6.07, 6.45) is 9.58. The standard InChI is InChI=1S/C18H27NO2/c1-2-5-15(6-3-1)13-19-16-8-10-17(11-9-16)21-14-18-7-4-12-20-18/h8-11,15,18-19H,1-7,12-14H2. The highest BCUT2D eigenvalue weighted by atomic mass is 16.5. The molecule has 21 heavy (non-hydrogen) atoms. The molecular formula is C18H27NO2. The minimum absolute atomic E-state index is 0.286. The van der Waals surface area contributed by atoms with Crippen LogP contribution in [0.3, 0.4) is 0 Å². The van der Waals surface area contributed by atoms with Crippen LogP contribution in [0.25, 0.3) is 0 Å². The molecule has 1 saturated carbocycles. The maximum absolute atomic E-state index is 5.79. The van der Waals surface area contributed by atoms with Crippen LogP contribution >= 0.6 is 0 Å². The highest BCUT2D eigenvalue weighted by Gasteiger charge is 2.16. The molecule has 1 unspecified atom stereocenters. The van der Waals surface area contributed by atoms with Gasteiger partial charge in [0.05, 0.1) is 6.10 Å². The molecule has 1 atom stereocenters. The van der Waals surface area contributed by atoms with E-state index in [0.717, 1.165) is 37.7 Å². The third-order valence-electron chi connectivity index (χ3n) is 4.63. The van der Waals surface area contributed by atoms with Gasteiger partial charge in [0, 0.05) is 18.8 Å². The summed E-state index contributed by atoms with van der Waals surface area (Å²) in [7, 11) is 0. The van der Waals surface area contributed by atoms with Crippen LogP contribution in [0.4, 0.5) is 5.69 Å². The molecule has 1 aliphatic heterocycles. The summed E-state index contributed by atoms with van der Waals surface area (Å²) < 4.78 is 11.4.